The molecule has 112 valence electrons. The van der Waals surface area contributed by atoms with Crippen LogP contribution in [0.25, 0.3) is 0 Å². The summed E-state index contributed by atoms with van der Waals surface area (Å²) in [6.45, 7) is 5.08. The first-order valence-corrected chi connectivity index (χ1v) is 6.93. The van der Waals surface area contributed by atoms with Crippen molar-refractivity contribution in [1.29, 1.82) is 0 Å². The average Bonchev–Trinajstić information content (AvgIpc) is 2.87. The van der Waals surface area contributed by atoms with Gasteiger partial charge in [0.25, 0.3) is 5.91 Å². The highest BCUT2D eigenvalue weighted by Crippen LogP contribution is 2.10. The molecule has 0 radical (unpaired) electrons. The van der Waals surface area contributed by atoms with Gasteiger partial charge in [0.15, 0.2) is 5.82 Å². The monoisotopic (exact) mass is 288 g/mol. The van der Waals surface area contributed by atoms with E-state index in [1.807, 2.05) is 6.92 Å². The van der Waals surface area contributed by atoms with Crippen LogP contribution in [0.5, 0.6) is 0 Å². The Balaban J connectivity index is 2.02. The summed E-state index contributed by atoms with van der Waals surface area (Å²) in [5, 5.41) is 10.1. The SMILES string of the molecule is CCCNc1cc(C(=O)NCc2ncn(C)n2)cc(C)n1. The molecule has 0 aromatic carbocycles. The van der Waals surface area contributed by atoms with Crippen molar-refractivity contribution in [2.45, 2.75) is 26.8 Å². The Labute approximate surface area is 123 Å². The molecule has 0 aliphatic carbocycles. The van der Waals surface area contributed by atoms with Gasteiger partial charge in [0.05, 0.1) is 6.54 Å². The molecular formula is C14H20N6O. The topological polar surface area (TPSA) is 84.7 Å². The molecule has 0 saturated heterocycles. The van der Waals surface area contributed by atoms with E-state index in [1.165, 1.54) is 0 Å². The van der Waals surface area contributed by atoms with Crippen molar-refractivity contribution in [2.24, 2.45) is 7.05 Å². The minimum absolute atomic E-state index is 0.160. The fourth-order valence-corrected chi connectivity index (χ4v) is 1.87. The Kier molecular flexibility index (Phi) is 4.86. The van der Waals surface area contributed by atoms with Crippen molar-refractivity contribution in [3.63, 3.8) is 0 Å². The molecule has 0 unspecified atom stereocenters. The van der Waals surface area contributed by atoms with Crippen LogP contribution >= 0.6 is 0 Å². The second-order valence-corrected chi connectivity index (χ2v) is 4.83. The summed E-state index contributed by atoms with van der Waals surface area (Å²) < 4.78 is 1.60. The first-order chi connectivity index (χ1) is 10.1. The Bertz CT molecular complexity index is 622. The number of carbonyl (C=O) groups excluding carboxylic acids is 1. The maximum Gasteiger partial charge on any atom is 0.251 e. The second kappa shape index (κ2) is 6.83. The zero-order chi connectivity index (χ0) is 15.2. The molecule has 0 atom stereocenters. The lowest BCUT2D eigenvalue weighted by Gasteiger charge is -2.08. The minimum Gasteiger partial charge on any atom is -0.370 e. The highest BCUT2D eigenvalue weighted by atomic mass is 16.1. The van der Waals surface area contributed by atoms with Crippen LogP contribution in [0.2, 0.25) is 0 Å². The number of anilines is 1. The van der Waals surface area contributed by atoms with E-state index in [0.717, 1.165) is 24.5 Å². The fraction of sp³-hybridized carbons (Fsp3) is 0.429. The summed E-state index contributed by atoms with van der Waals surface area (Å²) in [5.74, 6) is 1.14. The molecule has 7 nitrogen and oxygen atoms in total. The van der Waals surface area contributed by atoms with Crippen LogP contribution in [-0.2, 0) is 13.6 Å². The Hall–Kier alpha value is -2.44. The van der Waals surface area contributed by atoms with E-state index in [2.05, 4.69) is 32.6 Å². The first kappa shape index (κ1) is 15.0. The number of rotatable bonds is 6. The summed E-state index contributed by atoms with van der Waals surface area (Å²) in [7, 11) is 1.79. The van der Waals surface area contributed by atoms with Gasteiger partial charge in [-0.25, -0.2) is 9.97 Å². The normalized spacial score (nSPS) is 10.4. The number of nitrogens with zero attached hydrogens (tertiary/aromatic N) is 4. The van der Waals surface area contributed by atoms with Gasteiger partial charge >= 0.3 is 0 Å². The third-order valence-corrected chi connectivity index (χ3v) is 2.83. The molecule has 21 heavy (non-hydrogen) atoms. The molecular weight excluding hydrogens is 268 g/mol. The summed E-state index contributed by atoms with van der Waals surface area (Å²) in [4.78, 5) is 20.6. The molecule has 0 spiro atoms. The Morgan fingerprint density at radius 3 is 2.86 bits per heavy atom. The molecule has 7 heteroatoms. The number of amides is 1. The molecule has 0 aliphatic heterocycles. The van der Waals surface area contributed by atoms with Gasteiger partial charge < -0.3 is 10.6 Å². The van der Waals surface area contributed by atoms with Crippen LogP contribution in [0.1, 0.15) is 35.2 Å². The molecule has 0 bridgehead atoms. The number of hydrogen-bond acceptors (Lipinski definition) is 5. The molecule has 2 N–H and O–H groups in total. The predicted molar refractivity (Wildman–Crippen MR) is 79.9 cm³/mol. The number of aromatic nitrogens is 4. The highest BCUT2D eigenvalue weighted by Gasteiger charge is 2.09. The smallest absolute Gasteiger partial charge is 0.251 e. The lowest BCUT2D eigenvalue weighted by atomic mass is 10.2. The van der Waals surface area contributed by atoms with Gasteiger partial charge in [-0.15, -0.1) is 0 Å². The number of carbonyl (C=O) groups is 1. The largest absolute Gasteiger partial charge is 0.370 e. The predicted octanol–water partition coefficient (Wildman–Crippen LogP) is 1.27. The fourth-order valence-electron chi connectivity index (χ4n) is 1.87. The van der Waals surface area contributed by atoms with Crippen LogP contribution in [0.4, 0.5) is 5.82 Å². The van der Waals surface area contributed by atoms with Crippen molar-refractivity contribution in [3.05, 3.63) is 35.5 Å². The molecule has 0 aliphatic rings. The van der Waals surface area contributed by atoms with Gasteiger partial charge in [-0.2, -0.15) is 5.10 Å². The lowest BCUT2D eigenvalue weighted by molar-refractivity contribution is 0.0949. The number of pyridine rings is 1. The van der Waals surface area contributed by atoms with Crippen molar-refractivity contribution >= 4 is 11.7 Å². The molecule has 2 heterocycles. The van der Waals surface area contributed by atoms with E-state index in [1.54, 1.807) is 30.2 Å². The summed E-state index contributed by atoms with van der Waals surface area (Å²) in [6, 6.07) is 3.52. The van der Waals surface area contributed by atoms with E-state index in [4.69, 9.17) is 0 Å². The van der Waals surface area contributed by atoms with Gasteiger partial charge in [0.2, 0.25) is 0 Å². The lowest BCUT2D eigenvalue weighted by Crippen LogP contribution is -2.24. The van der Waals surface area contributed by atoms with Crippen LogP contribution in [-0.4, -0.2) is 32.2 Å². The van der Waals surface area contributed by atoms with E-state index in [9.17, 15) is 4.79 Å². The van der Waals surface area contributed by atoms with Crippen molar-refractivity contribution in [3.8, 4) is 0 Å². The van der Waals surface area contributed by atoms with Crippen LogP contribution in [0.15, 0.2) is 18.5 Å². The summed E-state index contributed by atoms with van der Waals surface area (Å²) >= 11 is 0. The zero-order valence-electron chi connectivity index (χ0n) is 12.6. The summed E-state index contributed by atoms with van der Waals surface area (Å²) in [6.07, 6.45) is 2.60. The molecule has 2 rings (SSSR count). The maximum absolute atomic E-state index is 12.2. The number of aryl methyl sites for hydroxylation is 2. The van der Waals surface area contributed by atoms with E-state index >= 15 is 0 Å². The van der Waals surface area contributed by atoms with Gasteiger partial charge in [0.1, 0.15) is 12.1 Å². The first-order valence-electron chi connectivity index (χ1n) is 6.93. The van der Waals surface area contributed by atoms with Gasteiger partial charge in [-0.05, 0) is 25.5 Å². The zero-order valence-corrected chi connectivity index (χ0v) is 12.6. The van der Waals surface area contributed by atoms with Crippen molar-refractivity contribution < 1.29 is 4.79 Å². The van der Waals surface area contributed by atoms with Gasteiger partial charge in [-0.3, -0.25) is 9.48 Å². The quantitative estimate of drug-likeness (QED) is 0.836. The third kappa shape index (κ3) is 4.27. The summed E-state index contributed by atoms with van der Waals surface area (Å²) in [5.41, 5.74) is 1.38. The molecule has 2 aromatic heterocycles. The average molecular weight is 288 g/mol. The van der Waals surface area contributed by atoms with Crippen LogP contribution in [0, 0.1) is 6.92 Å². The van der Waals surface area contributed by atoms with Gasteiger partial charge in [0, 0.05) is 24.8 Å². The molecule has 1 amide bonds. The molecule has 2 aromatic rings. The Morgan fingerprint density at radius 2 is 2.19 bits per heavy atom. The highest BCUT2D eigenvalue weighted by molar-refractivity contribution is 5.94. The van der Waals surface area contributed by atoms with E-state index in [-0.39, 0.29) is 5.91 Å². The van der Waals surface area contributed by atoms with Crippen LogP contribution in [0.3, 0.4) is 0 Å². The van der Waals surface area contributed by atoms with Gasteiger partial charge in [-0.1, -0.05) is 6.92 Å². The molecule has 0 fully saturated rings. The molecule has 0 saturated carbocycles. The third-order valence-electron chi connectivity index (χ3n) is 2.83. The second-order valence-electron chi connectivity index (χ2n) is 4.83. The maximum atomic E-state index is 12.2. The number of hydrogen-bond donors (Lipinski definition) is 2. The van der Waals surface area contributed by atoms with Crippen LogP contribution < -0.4 is 10.6 Å². The van der Waals surface area contributed by atoms with E-state index < -0.39 is 0 Å². The number of nitrogens with one attached hydrogen (secondary N) is 2. The van der Waals surface area contributed by atoms with Crippen molar-refractivity contribution in [2.75, 3.05) is 11.9 Å². The Morgan fingerprint density at radius 1 is 1.38 bits per heavy atom. The van der Waals surface area contributed by atoms with E-state index in [0.29, 0.717) is 17.9 Å². The minimum atomic E-state index is -0.160. The standard InChI is InChI=1S/C14H20N6O/c1-4-5-15-12-7-11(6-10(2)18-12)14(21)16-8-13-17-9-20(3)19-13/h6-7,9H,4-5,8H2,1-3H3,(H,15,18)(H,16,21). The van der Waals surface area contributed by atoms with Crippen molar-refractivity contribution in [1.82, 2.24) is 25.1 Å².